The molecule has 0 aliphatic carbocycles. The minimum absolute atomic E-state index is 0.268. The summed E-state index contributed by atoms with van der Waals surface area (Å²) in [5.74, 6) is 0. The van der Waals surface area contributed by atoms with Crippen molar-refractivity contribution >= 4 is 21.6 Å². The van der Waals surface area contributed by atoms with Gasteiger partial charge in [-0.05, 0) is 11.4 Å². The Labute approximate surface area is 103 Å². The van der Waals surface area contributed by atoms with Crippen molar-refractivity contribution in [3.63, 3.8) is 0 Å². The maximum Gasteiger partial charge on any atom is 0.390 e. The molecule has 2 heterocycles. The van der Waals surface area contributed by atoms with Crippen LogP contribution >= 0.6 is 11.3 Å². The molecule has 0 spiro atoms. The third-order valence-electron chi connectivity index (χ3n) is 2.56. The predicted molar refractivity (Wildman–Crippen MR) is 62.0 cm³/mol. The van der Waals surface area contributed by atoms with E-state index in [0.717, 1.165) is 20.5 Å². The van der Waals surface area contributed by atoms with Crippen molar-refractivity contribution in [2.24, 2.45) is 7.05 Å². The van der Waals surface area contributed by atoms with E-state index in [0.29, 0.717) is 0 Å². The largest absolute Gasteiger partial charge is 0.390 e. The van der Waals surface area contributed by atoms with Crippen LogP contribution in [-0.2, 0) is 13.6 Å². The number of alkyl halides is 3. The van der Waals surface area contributed by atoms with Crippen molar-refractivity contribution in [2.45, 2.75) is 19.1 Å². The molecule has 0 bridgehead atoms. The molecule has 0 atom stereocenters. The van der Waals surface area contributed by atoms with Crippen LogP contribution in [0.3, 0.4) is 0 Å². The van der Waals surface area contributed by atoms with Gasteiger partial charge in [0.05, 0.1) is 11.8 Å². The molecule has 0 aliphatic rings. The Kier molecular flexibility index (Phi) is 3.05. The summed E-state index contributed by atoms with van der Waals surface area (Å²) < 4.78 is 38.4. The molecule has 0 N–H and O–H groups in total. The fourth-order valence-corrected chi connectivity index (χ4v) is 2.56. The Bertz CT molecular complexity index is 696. The SMILES string of the molecule is Cn1c(=O)c2ccsc2n(CCC(F)(F)F)c1=O. The van der Waals surface area contributed by atoms with E-state index in [4.69, 9.17) is 0 Å². The van der Waals surface area contributed by atoms with Crippen molar-refractivity contribution < 1.29 is 13.2 Å². The van der Waals surface area contributed by atoms with Crippen LogP contribution in [0.5, 0.6) is 0 Å². The highest BCUT2D eigenvalue weighted by Crippen LogP contribution is 2.22. The van der Waals surface area contributed by atoms with Crippen LogP contribution in [0, 0.1) is 0 Å². The highest BCUT2D eigenvalue weighted by molar-refractivity contribution is 7.16. The zero-order chi connectivity index (χ0) is 13.5. The number of thiophene rings is 1. The quantitative estimate of drug-likeness (QED) is 0.839. The van der Waals surface area contributed by atoms with Crippen LogP contribution in [0.15, 0.2) is 21.0 Å². The maximum atomic E-state index is 12.2. The molecule has 0 fully saturated rings. The van der Waals surface area contributed by atoms with E-state index in [9.17, 15) is 22.8 Å². The van der Waals surface area contributed by atoms with Crippen LogP contribution in [0.25, 0.3) is 10.2 Å². The summed E-state index contributed by atoms with van der Waals surface area (Å²) in [6.07, 6.45) is -5.43. The van der Waals surface area contributed by atoms with Gasteiger partial charge in [0.1, 0.15) is 4.83 Å². The summed E-state index contributed by atoms with van der Waals surface area (Å²) in [6, 6.07) is 1.51. The summed E-state index contributed by atoms with van der Waals surface area (Å²) in [4.78, 5) is 23.8. The van der Waals surface area contributed by atoms with Gasteiger partial charge in [0.15, 0.2) is 0 Å². The van der Waals surface area contributed by atoms with Gasteiger partial charge in [-0.2, -0.15) is 13.2 Å². The number of hydrogen-bond donors (Lipinski definition) is 0. The highest BCUT2D eigenvalue weighted by Gasteiger charge is 2.27. The van der Waals surface area contributed by atoms with Crippen molar-refractivity contribution in [1.82, 2.24) is 9.13 Å². The van der Waals surface area contributed by atoms with Gasteiger partial charge in [0, 0.05) is 13.6 Å². The molecule has 0 radical (unpaired) electrons. The summed E-state index contributed by atoms with van der Waals surface area (Å²) in [6.45, 7) is -0.479. The van der Waals surface area contributed by atoms with Gasteiger partial charge in [-0.1, -0.05) is 0 Å². The van der Waals surface area contributed by atoms with E-state index in [1.165, 1.54) is 13.1 Å². The summed E-state index contributed by atoms with van der Waals surface area (Å²) in [5, 5.41) is 1.85. The number of rotatable bonds is 2. The number of aromatic nitrogens is 2. The zero-order valence-corrected chi connectivity index (χ0v) is 10.1. The number of aryl methyl sites for hydroxylation is 1. The van der Waals surface area contributed by atoms with E-state index >= 15 is 0 Å². The third-order valence-corrected chi connectivity index (χ3v) is 3.50. The first-order valence-electron chi connectivity index (χ1n) is 5.05. The first-order valence-corrected chi connectivity index (χ1v) is 5.93. The zero-order valence-electron chi connectivity index (χ0n) is 9.32. The van der Waals surface area contributed by atoms with E-state index in [2.05, 4.69) is 0 Å². The lowest BCUT2D eigenvalue weighted by Crippen LogP contribution is -2.38. The summed E-state index contributed by atoms with van der Waals surface area (Å²) >= 11 is 1.08. The molecule has 2 rings (SSSR count). The molecule has 18 heavy (non-hydrogen) atoms. The first-order chi connectivity index (χ1) is 8.31. The Morgan fingerprint density at radius 1 is 1.33 bits per heavy atom. The van der Waals surface area contributed by atoms with Gasteiger partial charge < -0.3 is 0 Å². The van der Waals surface area contributed by atoms with Crippen molar-refractivity contribution in [3.05, 3.63) is 32.3 Å². The van der Waals surface area contributed by atoms with Gasteiger partial charge in [-0.25, -0.2) is 4.79 Å². The molecule has 8 heteroatoms. The molecule has 0 saturated heterocycles. The van der Waals surface area contributed by atoms with Crippen LogP contribution in [0.4, 0.5) is 13.2 Å². The standard InChI is InChI=1S/C10H9F3N2O2S/c1-14-7(16)6-2-5-18-8(6)15(9(14)17)4-3-10(11,12)13/h2,5H,3-4H2,1H3. The van der Waals surface area contributed by atoms with Gasteiger partial charge in [-0.3, -0.25) is 13.9 Å². The van der Waals surface area contributed by atoms with Crippen LogP contribution < -0.4 is 11.2 Å². The molecule has 98 valence electrons. The molecule has 0 saturated carbocycles. The predicted octanol–water partition coefficient (Wildman–Crippen LogP) is 1.71. The van der Waals surface area contributed by atoms with E-state index < -0.39 is 30.4 Å². The fourth-order valence-electron chi connectivity index (χ4n) is 1.64. The molecule has 0 unspecified atom stereocenters. The van der Waals surface area contributed by atoms with Crippen molar-refractivity contribution in [1.29, 1.82) is 0 Å². The number of halogens is 3. The maximum absolute atomic E-state index is 12.2. The average Bonchev–Trinajstić information content (AvgIpc) is 2.73. The molecule has 0 amide bonds. The lowest BCUT2D eigenvalue weighted by atomic mass is 10.3. The number of hydrogen-bond acceptors (Lipinski definition) is 3. The van der Waals surface area contributed by atoms with Crippen LogP contribution in [0.2, 0.25) is 0 Å². The van der Waals surface area contributed by atoms with Crippen LogP contribution in [-0.4, -0.2) is 15.3 Å². The molecule has 0 aliphatic heterocycles. The fraction of sp³-hybridized carbons (Fsp3) is 0.400. The average molecular weight is 278 g/mol. The van der Waals surface area contributed by atoms with E-state index in [1.54, 1.807) is 5.38 Å². The van der Waals surface area contributed by atoms with Crippen molar-refractivity contribution in [3.8, 4) is 0 Å². The van der Waals surface area contributed by atoms with Gasteiger partial charge in [-0.15, -0.1) is 11.3 Å². The van der Waals surface area contributed by atoms with Gasteiger partial charge >= 0.3 is 11.9 Å². The lowest BCUT2D eigenvalue weighted by molar-refractivity contribution is -0.136. The Balaban J connectivity index is 2.60. The molecule has 2 aromatic heterocycles. The Morgan fingerprint density at radius 2 is 2.00 bits per heavy atom. The monoisotopic (exact) mass is 278 g/mol. The van der Waals surface area contributed by atoms with Gasteiger partial charge in [0.25, 0.3) is 5.56 Å². The smallest absolute Gasteiger partial charge is 0.284 e. The molecular weight excluding hydrogens is 269 g/mol. The minimum Gasteiger partial charge on any atom is -0.284 e. The second-order valence-corrected chi connectivity index (χ2v) is 4.70. The molecule has 2 aromatic rings. The number of fused-ring (bicyclic) bond motifs is 1. The Hall–Kier alpha value is -1.57. The molecule has 0 aromatic carbocycles. The lowest BCUT2D eigenvalue weighted by Gasteiger charge is -2.10. The minimum atomic E-state index is -4.34. The first kappa shape index (κ1) is 12.9. The van der Waals surface area contributed by atoms with Crippen LogP contribution in [0.1, 0.15) is 6.42 Å². The molecule has 4 nitrogen and oxygen atoms in total. The van der Waals surface area contributed by atoms with E-state index in [-0.39, 0.29) is 10.2 Å². The molecular formula is C10H9F3N2O2S. The van der Waals surface area contributed by atoms with Gasteiger partial charge in [0.2, 0.25) is 0 Å². The highest BCUT2D eigenvalue weighted by atomic mass is 32.1. The second kappa shape index (κ2) is 4.27. The Morgan fingerprint density at radius 3 is 2.61 bits per heavy atom. The van der Waals surface area contributed by atoms with E-state index in [1.807, 2.05) is 0 Å². The summed E-state index contributed by atoms with van der Waals surface area (Å²) in [5.41, 5.74) is -1.21. The normalized spacial score (nSPS) is 12.2. The second-order valence-electron chi connectivity index (χ2n) is 3.80. The number of nitrogens with zero attached hydrogens (tertiary/aromatic N) is 2. The van der Waals surface area contributed by atoms with Crippen molar-refractivity contribution in [2.75, 3.05) is 0 Å². The summed E-state index contributed by atoms with van der Waals surface area (Å²) in [7, 11) is 1.26. The third kappa shape index (κ3) is 2.20. The topological polar surface area (TPSA) is 44.0 Å².